The van der Waals surface area contributed by atoms with Crippen molar-refractivity contribution in [2.24, 2.45) is 0 Å². The fraction of sp³-hybridized carbons (Fsp3) is 1.00. The molecular weight excluding hydrogens is 240 g/mol. The minimum atomic E-state index is -0.151. The summed E-state index contributed by atoms with van der Waals surface area (Å²) in [6, 6.07) is 0.600. The van der Waals surface area contributed by atoms with Gasteiger partial charge in [0.05, 0.1) is 12.2 Å². The van der Waals surface area contributed by atoms with Crippen molar-refractivity contribution >= 4 is 0 Å². The Kier molecular flexibility index (Phi) is 6.57. The highest BCUT2D eigenvalue weighted by Gasteiger charge is 2.23. The monoisotopic (exact) mass is 270 g/mol. The van der Waals surface area contributed by atoms with Crippen LogP contribution in [-0.4, -0.2) is 47.6 Å². The first kappa shape index (κ1) is 15.2. The Morgan fingerprint density at radius 3 is 1.53 bits per heavy atom. The second-order valence-corrected chi connectivity index (χ2v) is 6.18. The molecule has 2 fully saturated rings. The van der Waals surface area contributed by atoms with Crippen molar-refractivity contribution in [1.29, 1.82) is 0 Å². The molecule has 2 rings (SSSR count). The number of hydrogen-bond acceptors (Lipinski definition) is 4. The van der Waals surface area contributed by atoms with E-state index in [0.717, 1.165) is 45.2 Å². The summed E-state index contributed by atoms with van der Waals surface area (Å²) in [7, 11) is 0. The van der Waals surface area contributed by atoms with Gasteiger partial charge in [0.15, 0.2) is 0 Å². The first-order valence-electron chi connectivity index (χ1n) is 8.10. The van der Waals surface area contributed by atoms with E-state index >= 15 is 0 Å². The molecule has 0 aromatic heterocycles. The van der Waals surface area contributed by atoms with Crippen molar-refractivity contribution < 1.29 is 10.2 Å². The van der Waals surface area contributed by atoms with Gasteiger partial charge in [0.1, 0.15) is 0 Å². The van der Waals surface area contributed by atoms with E-state index in [1.165, 1.54) is 25.7 Å². The van der Waals surface area contributed by atoms with E-state index in [0.29, 0.717) is 12.1 Å². The Hall–Kier alpha value is -0.160. The maximum atomic E-state index is 9.85. The molecule has 0 unspecified atom stereocenters. The Balaban J connectivity index is 1.51. The highest BCUT2D eigenvalue weighted by molar-refractivity contribution is 4.82. The van der Waals surface area contributed by atoms with Gasteiger partial charge >= 0.3 is 0 Å². The van der Waals surface area contributed by atoms with Gasteiger partial charge in [-0.2, -0.15) is 0 Å². The number of aliphatic hydroxyl groups is 2. The number of rotatable bonds is 6. The summed E-state index contributed by atoms with van der Waals surface area (Å²) in [4.78, 5) is 0. The molecular formula is C15H30N2O2. The first-order valence-corrected chi connectivity index (χ1v) is 8.10. The van der Waals surface area contributed by atoms with Crippen molar-refractivity contribution in [2.45, 2.75) is 82.1 Å². The number of aliphatic hydroxyl groups excluding tert-OH is 2. The molecule has 4 nitrogen and oxygen atoms in total. The fourth-order valence-electron chi connectivity index (χ4n) is 3.36. The van der Waals surface area contributed by atoms with Gasteiger partial charge in [-0.3, -0.25) is 0 Å². The molecule has 0 aliphatic heterocycles. The summed E-state index contributed by atoms with van der Waals surface area (Å²) in [5.41, 5.74) is 0. The molecule has 0 heterocycles. The van der Waals surface area contributed by atoms with Gasteiger partial charge in [-0.25, -0.2) is 0 Å². The molecule has 112 valence electrons. The quantitative estimate of drug-likeness (QED) is 0.547. The maximum Gasteiger partial charge on any atom is 0.0693 e. The molecule has 2 aliphatic carbocycles. The molecule has 0 aromatic carbocycles. The highest BCUT2D eigenvalue weighted by atomic mass is 16.3. The van der Waals surface area contributed by atoms with Crippen molar-refractivity contribution in [1.82, 2.24) is 10.6 Å². The van der Waals surface area contributed by atoms with Crippen LogP contribution in [0.25, 0.3) is 0 Å². The number of hydrogen-bond donors (Lipinski definition) is 4. The Morgan fingerprint density at radius 2 is 1.11 bits per heavy atom. The molecule has 2 saturated carbocycles. The van der Waals surface area contributed by atoms with E-state index in [4.69, 9.17) is 0 Å². The summed E-state index contributed by atoms with van der Waals surface area (Å²) < 4.78 is 0. The average molecular weight is 270 g/mol. The zero-order valence-electron chi connectivity index (χ0n) is 12.0. The lowest BCUT2D eigenvalue weighted by atomic mass is 9.92. The van der Waals surface area contributed by atoms with E-state index in [9.17, 15) is 10.2 Å². The fourth-order valence-corrected chi connectivity index (χ4v) is 3.36. The van der Waals surface area contributed by atoms with Crippen LogP contribution < -0.4 is 10.6 Å². The van der Waals surface area contributed by atoms with Gasteiger partial charge in [0.25, 0.3) is 0 Å². The highest BCUT2D eigenvalue weighted by Crippen LogP contribution is 2.19. The van der Waals surface area contributed by atoms with Crippen molar-refractivity contribution in [3.63, 3.8) is 0 Å². The van der Waals surface area contributed by atoms with Crippen molar-refractivity contribution in [3.8, 4) is 0 Å². The minimum Gasteiger partial charge on any atom is -0.392 e. The lowest BCUT2D eigenvalue weighted by Gasteiger charge is -2.30. The van der Waals surface area contributed by atoms with Gasteiger partial charge in [0.2, 0.25) is 0 Å². The lowest BCUT2D eigenvalue weighted by molar-refractivity contribution is 0.0876. The van der Waals surface area contributed by atoms with E-state index in [1.807, 2.05) is 0 Å². The molecule has 19 heavy (non-hydrogen) atoms. The SMILES string of the molecule is O[C@@H]1CCCC[C@H]1NCCCN[C@@H]1CCCC[C@H]1O. The predicted octanol–water partition coefficient (Wildman–Crippen LogP) is 1.16. The molecule has 0 spiro atoms. The maximum absolute atomic E-state index is 9.85. The summed E-state index contributed by atoms with van der Waals surface area (Å²) in [6.45, 7) is 1.91. The number of nitrogens with one attached hydrogen (secondary N) is 2. The van der Waals surface area contributed by atoms with Crippen molar-refractivity contribution in [2.75, 3.05) is 13.1 Å². The third-order valence-corrected chi connectivity index (χ3v) is 4.63. The standard InChI is InChI=1S/C15H30N2O2/c18-14-8-3-1-6-12(14)16-10-5-11-17-13-7-2-4-9-15(13)19/h12-19H,1-11H2/t12-,13-,14-,15-/m1/s1. The van der Waals surface area contributed by atoms with Crippen molar-refractivity contribution in [3.05, 3.63) is 0 Å². The van der Waals surface area contributed by atoms with Gasteiger partial charge in [-0.05, 0) is 45.2 Å². The first-order chi connectivity index (χ1) is 9.27. The Bertz CT molecular complexity index is 226. The van der Waals surface area contributed by atoms with Crippen LogP contribution in [0.3, 0.4) is 0 Å². The van der Waals surface area contributed by atoms with E-state index in [1.54, 1.807) is 0 Å². The largest absolute Gasteiger partial charge is 0.392 e. The summed E-state index contributed by atoms with van der Waals surface area (Å²) >= 11 is 0. The third-order valence-electron chi connectivity index (χ3n) is 4.63. The zero-order chi connectivity index (χ0) is 13.5. The lowest BCUT2D eigenvalue weighted by Crippen LogP contribution is -2.45. The van der Waals surface area contributed by atoms with E-state index in [2.05, 4.69) is 10.6 Å². The Morgan fingerprint density at radius 1 is 0.684 bits per heavy atom. The van der Waals surface area contributed by atoms with Crippen LogP contribution in [0.5, 0.6) is 0 Å². The molecule has 0 radical (unpaired) electrons. The average Bonchev–Trinajstić information content (AvgIpc) is 2.42. The van der Waals surface area contributed by atoms with Crippen LogP contribution in [0.1, 0.15) is 57.8 Å². The smallest absolute Gasteiger partial charge is 0.0693 e. The normalized spacial score (nSPS) is 36.3. The second-order valence-electron chi connectivity index (χ2n) is 6.18. The summed E-state index contributed by atoms with van der Waals surface area (Å²) in [5.74, 6) is 0. The van der Waals surface area contributed by atoms with Gasteiger partial charge in [-0.1, -0.05) is 25.7 Å². The van der Waals surface area contributed by atoms with E-state index < -0.39 is 0 Å². The molecule has 2 aliphatic rings. The van der Waals surface area contributed by atoms with Gasteiger partial charge in [0, 0.05) is 12.1 Å². The molecule has 4 atom stereocenters. The molecule has 4 N–H and O–H groups in total. The van der Waals surface area contributed by atoms with Crippen LogP contribution in [-0.2, 0) is 0 Å². The molecule has 0 saturated heterocycles. The minimum absolute atomic E-state index is 0.151. The molecule has 0 amide bonds. The van der Waals surface area contributed by atoms with Gasteiger partial charge in [-0.15, -0.1) is 0 Å². The topological polar surface area (TPSA) is 64.5 Å². The zero-order valence-corrected chi connectivity index (χ0v) is 12.0. The van der Waals surface area contributed by atoms with Crippen LogP contribution in [0.15, 0.2) is 0 Å². The summed E-state index contributed by atoms with van der Waals surface area (Å²) in [5, 5.41) is 26.6. The van der Waals surface area contributed by atoms with E-state index in [-0.39, 0.29) is 12.2 Å². The van der Waals surface area contributed by atoms with Crippen LogP contribution in [0.4, 0.5) is 0 Å². The molecule has 0 aromatic rings. The molecule has 0 bridgehead atoms. The van der Waals surface area contributed by atoms with Crippen LogP contribution >= 0.6 is 0 Å². The summed E-state index contributed by atoms with van der Waals surface area (Å²) in [6.07, 6.45) is 9.68. The second kappa shape index (κ2) is 8.20. The molecule has 4 heteroatoms. The Labute approximate surface area is 117 Å². The van der Waals surface area contributed by atoms with Gasteiger partial charge < -0.3 is 20.8 Å². The third kappa shape index (κ3) is 5.03. The van der Waals surface area contributed by atoms with Crippen LogP contribution in [0.2, 0.25) is 0 Å². The van der Waals surface area contributed by atoms with Crippen LogP contribution in [0, 0.1) is 0 Å². The predicted molar refractivity (Wildman–Crippen MR) is 77.1 cm³/mol.